The highest BCUT2D eigenvalue weighted by Crippen LogP contribution is 2.41. The third kappa shape index (κ3) is 14.0. The van der Waals surface area contributed by atoms with Crippen LogP contribution >= 0.6 is 0 Å². The Labute approximate surface area is 407 Å². The largest absolute Gasteiger partial charge is 0.493 e. The second-order valence-corrected chi connectivity index (χ2v) is 17.7. The Morgan fingerprint density at radius 2 is 0.500 bits per heavy atom. The van der Waals surface area contributed by atoms with Gasteiger partial charge in [-0.05, 0) is 144 Å². The lowest BCUT2D eigenvalue weighted by molar-refractivity contribution is 0.304. The first-order valence-electron chi connectivity index (χ1n) is 25.4. The summed E-state index contributed by atoms with van der Waals surface area (Å²) in [6.45, 7) is 21.4. The van der Waals surface area contributed by atoms with E-state index in [1.54, 1.807) is 0 Å². The van der Waals surface area contributed by atoms with Crippen molar-refractivity contribution in [1.82, 2.24) is 0 Å². The quantitative estimate of drug-likeness (QED) is 0.0347. The van der Waals surface area contributed by atoms with Crippen LogP contribution in [0.2, 0.25) is 0 Å². The van der Waals surface area contributed by atoms with Crippen LogP contribution in [0.4, 0.5) is 0 Å². The number of nitrogens with zero attached hydrogens (tertiary/aromatic N) is 4. The zero-order valence-electron chi connectivity index (χ0n) is 42.5. The number of ether oxygens (including phenoxy) is 4. The maximum atomic E-state index is 6.89. The molecule has 0 spiro atoms. The van der Waals surface area contributed by atoms with Crippen molar-refractivity contribution in [2.24, 2.45) is 42.9 Å². The molecule has 0 aliphatic heterocycles. The maximum Gasteiger partial charge on any atom is 0.126 e. The molecule has 0 saturated heterocycles. The van der Waals surface area contributed by atoms with E-state index in [-0.39, 0.29) is 0 Å². The Bertz CT molecular complexity index is 1990. The summed E-state index contributed by atoms with van der Waals surface area (Å²) in [4.78, 5) is 19.2. The molecule has 0 fully saturated rings. The fourth-order valence-corrected chi connectivity index (χ4v) is 8.33. The highest BCUT2D eigenvalue weighted by atomic mass is 16.5. The molecule has 1 aliphatic carbocycles. The van der Waals surface area contributed by atoms with Crippen molar-refractivity contribution in [2.75, 3.05) is 52.6 Å². The number of amidine groups is 4. The van der Waals surface area contributed by atoms with Gasteiger partial charge in [-0.3, -0.25) is 20.0 Å². The van der Waals surface area contributed by atoms with E-state index in [9.17, 15) is 0 Å². The Morgan fingerprint density at radius 3 is 0.647 bits per heavy atom. The molecule has 0 radical (unpaired) electrons. The molecule has 68 heavy (non-hydrogen) atoms. The van der Waals surface area contributed by atoms with Crippen molar-refractivity contribution < 1.29 is 18.9 Å². The average molecular weight is 929 g/mol. The topological polar surface area (TPSA) is 190 Å². The van der Waals surface area contributed by atoms with Gasteiger partial charge in [-0.15, -0.1) is 0 Å². The van der Waals surface area contributed by atoms with E-state index in [0.717, 1.165) is 141 Å². The molecule has 5 rings (SSSR count). The van der Waals surface area contributed by atoms with Crippen LogP contribution in [-0.2, 0) is 25.7 Å². The summed E-state index contributed by atoms with van der Waals surface area (Å²) < 4.78 is 27.5. The van der Waals surface area contributed by atoms with Crippen LogP contribution in [0, 0.1) is 0 Å². The van der Waals surface area contributed by atoms with Crippen LogP contribution in [0.5, 0.6) is 23.0 Å². The molecule has 0 heterocycles. The second-order valence-electron chi connectivity index (χ2n) is 17.7. The van der Waals surface area contributed by atoms with Gasteiger partial charge in [-0.25, -0.2) is 0 Å². The molecule has 4 aromatic rings. The van der Waals surface area contributed by atoms with Crippen molar-refractivity contribution in [3.05, 3.63) is 115 Å². The summed E-state index contributed by atoms with van der Waals surface area (Å²) in [5.41, 5.74) is 38.5. The van der Waals surface area contributed by atoms with Crippen molar-refractivity contribution in [1.29, 1.82) is 0 Å². The fraction of sp³-hybridized carbons (Fsp3) is 0.500. The average Bonchev–Trinajstić information content (AvgIpc) is 3.33. The fourth-order valence-electron chi connectivity index (χ4n) is 8.33. The van der Waals surface area contributed by atoms with E-state index in [4.69, 9.17) is 61.9 Å². The standard InChI is InChI=1S/C56H80N8O4/c1-9-17-61-53(57)45-29-37-25-39-31-46(54(58)62-18-10-2)33-41(50(39)66-22-14-6)27-43-35-48(56(60)64-20-12-4)36-44(52(43)68-24-16-8)28-42-34-47(55(59)63-19-11-3)32-40(51(42)67-23-15-7)26-38(30-45)49(37)65-21-13-5/h29-36H,9-28H2,1-8H3,(H2,57,61)(H2,58,62)(H2,59,63)(H2,60,64). The summed E-state index contributed by atoms with van der Waals surface area (Å²) in [5, 5.41) is 0. The number of rotatable bonds is 24. The van der Waals surface area contributed by atoms with Crippen LogP contribution in [0.3, 0.4) is 0 Å². The molecule has 368 valence electrons. The number of fused-ring (bicyclic) bond motifs is 8. The van der Waals surface area contributed by atoms with Gasteiger partial charge in [-0.2, -0.15) is 0 Å². The van der Waals surface area contributed by atoms with E-state index >= 15 is 0 Å². The first-order valence-corrected chi connectivity index (χ1v) is 25.4. The minimum atomic E-state index is 0.449. The Morgan fingerprint density at radius 1 is 0.324 bits per heavy atom. The highest BCUT2D eigenvalue weighted by molar-refractivity contribution is 6.00. The van der Waals surface area contributed by atoms with E-state index in [0.29, 0.717) is 102 Å². The second kappa shape index (κ2) is 27.1. The molecule has 0 aromatic heterocycles. The Balaban J connectivity index is 2.03. The third-order valence-corrected chi connectivity index (χ3v) is 11.5. The molecular weight excluding hydrogens is 849 g/mol. The molecule has 1 aliphatic rings. The number of hydrogen-bond acceptors (Lipinski definition) is 8. The van der Waals surface area contributed by atoms with Crippen molar-refractivity contribution in [3.8, 4) is 23.0 Å². The minimum absolute atomic E-state index is 0.449. The lowest BCUT2D eigenvalue weighted by Crippen LogP contribution is -2.19. The normalized spacial score (nSPS) is 13.4. The zero-order chi connectivity index (χ0) is 49.0. The summed E-state index contributed by atoms with van der Waals surface area (Å²) in [6.07, 6.45) is 8.55. The van der Waals surface area contributed by atoms with Crippen molar-refractivity contribution in [3.63, 3.8) is 0 Å². The van der Waals surface area contributed by atoms with Gasteiger partial charge in [0, 0.05) is 74.1 Å². The van der Waals surface area contributed by atoms with E-state index < -0.39 is 0 Å². The van der Waals surface area contributed by atoms with Gasteiger partial charge in [0.1, 0.15) is 46.3 Å². The highest BCUT2D eigenvalue weighted by Gasteiger charge is 2.26. The predicted molar refractivity (Wildman–Crippen MR) is 284 cm³/mol. The Hall–Kier alpha value is -6.04. The molecule has 4 aromatic carbocycles. The molecule has 0 unspecified atom stereocenters. The van der Waals surface area contributed by atoms with Gasteiger partial charge < -0.3 is 41.9 Å². The Kier molecular flexibility index (Phi) is 21.1. The number of aliphatic imine (C=N–C) groups is 4. The van der Waals surface area contributed by atoms with Crippen molar-refractivity contribution in [2.45, 2.75) is 132 Å². The third-order valence-electron chi connectivity index (χ3n) is 11.5. The van der Waals surface area contributed by atoms with E-state index in [1.807, 2.05) is 0 Å². The van der Waals surface area contributed by atoms with Crippen LogP contribution in [0.15, 0.2) is 68.5 Å². The van der Waals surface area contributed by atoms with Crippen LogP contribution < -0.4 is 41.9 Å². The molecule has 12 heteroatoms. The molecule has 0 atom stereocenters. The molecule has 8 N–H and O–H groups in total. The van der Waals surface area contributed by atoms with Gasteiger partial charge in [0.05, 0.1) is 26.4 Å². The van der Waals surface area contributed by atoms with Gasteiger partial charge in [0.15, 0.2) is 0 Å². The minimum Gasteiger partial charge on any atom is -0.493 e. The smallest absolute Gasteiger partial charge is 0.126 e. The molecule has 0 amide bonds. The molecule has 0 saturated carbocycles. The molecular formula is C56H80N8O4. The summed E-state index contributed by atoms with van der Waals surface area (Å²) >= 11 is 0. The van der Waals surface area contributed by atoms with Gasteiger partial charge >= 0.3 is 0 Å². The lowest BCUT2D eigenvalue weighted by Gasteiger charge is -2.25. The molecule has 8 bridgehead atoms. The van der Waals surface area contributed by atoms with Gasteiger partial charge in [0.2, 0.25) is 0 Å². The summed E-state index contributed by atoms with van der Waals surface area (Å²) in [6, 6.07) is 17.1. The summed E-state index contributed by atoms with van der Waals surface area (Å²) in [5.74, 6) is 5.06. The maximum absolute atomic E-state index is 6.89. The molecule has 12 nitrogen and oxygen atoms in total. The van der Waals surface area contributed by atoms with Crippen LogP contribution in [0.25, 0.3) is 0 Å². The summed E-state index contributed by atoms with van der Waals surface area (Å²) in [7, 11) is 0. The first kappa shape index (κ1) is 52.9. The van der Waals surface area contributed by atoms with Crippen LogP contribution in [-0.4, -0.2) is 75.9 Å². The predicted octanol–water partition coefficient (Wildman–Crippen LogP) is 9.98. The van der Waals surface area contributed by atoms with E-state index in [1.165, 1.54) is 0 Å². The number of hydrogen-bond donors (Lipinski definition) is 4. The van der Waals surface area contributed by atoms with Crippen molar-refractivity contribution >= 4 is 23.3 Å². The first-order chi connectivity index (χ1) is 33.0. The number of nitrogens with two attached hydrogens (primary N) is 4. The van der Waals surface area contributed by atoms with Gasteiger partial charge in [-0.1, -0.05) is 55.4 Å². The van der Waals surface area contributed by atoms with E-state index in [2.05, 4.69) is 104 Å². The monoisotopic (exact) mass is 929 g/mol. The van der Waals surface area contributed by atoms with Gasteiger partial charge in [0.25, 0.3) is 0 Å². The SMILES string of the molecule is CCCN=C(N)c1cc2c(OCCC)c(c1)Cc1cc(C(N)=NCCC)cc(c1OCCC)Cc1cc(C(N)=NCCC)cc(c1OCCC)Cc1cc(C(N)=NCCC)cc(c1OCCC)C2. The van der Waals surface area contributed by atoms with Crippen LogP contribution in [0.1, 0.15) is 174 Å². The zero-order valence-corrected chi connectivity index (χ0v) is 42.5. The number of benzene rings is 4. The lowest BCUT2D eigenvalue weighted by atomic mass is 9.88.